The average Bonchev–Trinajstić information content (AvgIpc) is 2.03. The molecule has 11 heavy (non-hydrogen) atoms. The van der Waals surface area contributed by atoms with Crippen molar-refractivity contribution in [3.8, 4) is 0 Å². The summed E-state index contributed by atoms with van der Waals surface area (Å²) in [5, 5.41) is 18.1. The van der Waals surface area contributed by atoms with E-state index in [4.69, 9.17) is 5.11 Å². The molecule has 0 rings (SSSR count). The molecule has 0 fully saturated rings. The number of aliphatic hydroxyl groups excluding tert-OH is 2. The minimum absolute atomic E-state index is 0.00413. The first-order valence-electron chi connectivity index (χ1n) is 4.15. The van der Waals surface area contributed by atoms with E-state index in [0.29, 0.717) is 0 Å². The Morgan fingerprint density at radius 2 is 2.00 bits per heavy atom. The summed E-state index contributed by atoms with van der Waals surface area (Å²) in [5.41, 5.74) is 0. The molecule has 0 heterocycles. The van der Waals surface area contributed by atoms with Crippen LogP contribution in [0.5, 0.6) is 0 Å². The van der Waals surface area contributed by atoms with Crippen molar-refractivity contribution in [1.82, 2.24) is 0 Å². The Kier molecular flexibility index (Phi) is 7.74. The molecule has 2 unspecified atom stereocenters. The molecule has 2 nitrogen and oxygen atoms in total. The molecule has 3 heteroatoms. The fraction of sp³-hybridized carbons (Fsp3) is 1.00. The van der Waals surface area contributed by atoms with E-state index in [2.05, 4.69) is 29.5 Å². The van der Waals surface area contributed by atoms with Crippen LogP contribution in [0.2, 0.25) is 0 Å². The van der Waals surface area contributed by atoms with E-state index >= 15 is 0 Å². The maximum atomic E-state index is 9.38. The lowest BCUT2D eigenvalue weighted by atomic mass is 10.1. The molecule has 0 spiro atoms. The summed E-state index contributed by atoms with van der Waals surface area (Å²) in [4.78, 5) is 0. The van der Waals surface area contributed by atoms with Crippen molar-refractivity contribution in [3.63, 3.8) is 0 Å². The van der Waals surface area contributed by atoms with Gasteiger partial charge in [0, 0.05) is 0 Å². The Hall–Kier alpha value is 0.650. The number of aliphatic hydroxyl groups is 2. The summed E-state index contributed by atoms with van der Waals surface area (Å²) in [6.07, 6.45) is 3.91. The lowest BCUT2D eigenvalue weighted by molar-refractivity contribution is 0.135. The zero-order valence-corrected chi connectivity index (χ0v) is 9.12. The van der Waals surface area contributed by atoms with E-state index in [1.54, 1.807) is 0 Å². The molecule has 0 radical (unpaired) electrons. The minimum Gasteiger partial charge on any atom is -0.395 e. The lowest BCUT2D eigenvalue weighted by Crippen LogP contribution is -2.23. The van der Waals surface area contributed by atoms with Gasteiger partial charge in [0.1, 0.15) is 0 Å². The van der Waals surface area contributed by atoms with Crippen molar-refractivity contribution in [1.29, 1.82) is 0 Å². The zero-order valence-electron chi connectivity index (χ0n) is 6.96. The number of halogens is 1. The standard InChI is InChI=1S/C8H17IO2/c1-2-3-4-5-8(11)7(9)6-10/h7-8,10-11H,2-6H2,1H3. The van der Waals surface area contributed by atoms with Crippen LogP contribution >= 0.6 is 22.6 Å². The molecule has 0 aromatic rings. The second kappa shape index (κ2) is 7.31. The normalized spacial score (nSPS) is 16.4. The number of hydrogen-bond donors (Lipinski definition) is 2. The molecular weight excluding hydrogens is 255 g/mol. The molecule has 0 aliphatic carbocycles. The maximum absolute atomic E-state index is 9.38. The molecular formula is C8H17IO2. The molecule has 0 amide bonds. The van der Waals surface area contributed by atoms with Gasteiger partial charge in [-0.2, -0.15) is 0 Å². The third-order valence-electron chi connectivity index (χ3n) is 1.70. The Morgan fingerprint density at radius 1 is 1.36 bits per heavy atom. The third-order valence-corrected chi connectivity index (χ3v) is 2.92. The van der Waals surface area contributed by atoms with E-state index < -0.39 is 0 Å². The monoisotopic (exact) mass is 272 g/mol. The largest absolute Gasteiger partial charge is 0.395 e. The summed E-state index contributed by atoms with van der Waals surface area (Å²) >= 11 is 2.08. The summed E-state index contributed by atoms with van der Waals surface area (Å²) < 4.78 is 0.00413. The van der Waals surface area contributed by atoms with Crippen molar-refractivity contribution in [3.05, 3.63) is 0 Å². The highest BCUT2D eigenvalue weighted by Crippen LogP contribution is 2.12. The van der Waals surface area contributed by atoms with Gasteiger partial charge in [-0.05, 0) is 6.42 Å². The van der Waals surface area contributed by atoms with E-state index in [1.807, 2.05) is 0 Å². The predicted molar refractivity (Wildman–Crippen MR) is 55.0 cm³/mol. The van der Waals surface area contributed by atoms with Crippen LogP contribution in [-0.4, -0.2) is 26.8 Å². The van der Waals surface area contributed by atoms with Crippen LogP contribution in [0, 0.1) is 0 Å². The molecule has 68 valence electrons. The Bertz CT molecular complexity index is 88.2. The van der Waals surface area contributed by atoms with E-state index in [-0.39, 0.29) is 16.6 Å². The van der Waals surface area contributed by atoms with Gasteiger partial charge >= 0.3 is 0 Å². The van der Waals surface area contributed by atoms with Gasteiger partial charge in [0.2, 0.25) is 0 Å². The van der Waals surface area contributed by atoms with Crippen molar-refractivity contribution >= 4 is 22.6 Å². The quantitative estimate of drug-likeness (QED) is 0.439. The second-order valence-electron chi connectivity index (χ2n) is 2.76. The summed E-state index contributed by atoms with van der Waals surface area (Å²) in [5.74, 6) is 0. The van der Waals surface area contributed by atoms with Gasteiger partial charge in [0.05, 0.1) is 16.6 Å². The van der Waals surface area contributed by atoms with Crippen molar-refractivity contribution in [2.45, 2.75) is 42.6 Å². The summed E-state index contributed by atoms with van der Waals surface area (Å²) in [6.45, 7) is 2.22. The van der Waals surface area contributed by atoms with Gasteiger partial charge in [-0.1, -0.05) is 48.8 Å². The van der Waals surface area contributed by atoms with Crippen LogP contribution in [0.25, 0.3) is 0 Å². The highest BCUT2D eigenvalue weighted by atomic mass is 127. The zero-order chi connectivity index (χ0) is 8.69. The van der Waals surface area contributed by atoms with E-state index in [0.717, 1.165) is 12.8 Å². The molecule has 2 atom stereocenters. The topological polar surface area (TPSA) is 40.5 Å². The number of hydrogen-bond acceptors (Lipinski definition) is 2. The van der Waals surface area contributed by atoms with Gasteiger partial charge in [-0.15, -0.1) is 0 Å². The molecule has 0 bridgehead atoms. The Labute approximate surface area is 82.1 Å². The lowest BCUT2D eigenvalue weighted by Gasteiger charge is -2.14. The van der Waals surface area contributed by atoms with Crippen molar-refractivity contribution < 1.29 is 10.2 Å². The fourth-order valence-corrected chi connectivity index (χ4v) is 1.27. The van der Waals surface area contributed by atoms with E-state index in [9.17, 15) is 5.11 Å². The predicted octanol–water partition coefficient (Wildman–Crippen LogP) is 1.72. The highest BCUT2D eigenvalue weighted by Gasteiger charge is 2.13. The fourth-order valence-electron chi connectivity index (χ4n) is 0.906. The molecule has 0 aliphatic rings. The number of unbranched alkanes of at least 4 members (excludes halogenated alkanes) is 2. The molecule has 0 aliphatic heterocycles. The molecule has 0 aromatic heterocycles. The maximum Gasteiger partial charge on any atom is 0.0680 e. The molecule has 2 N–H and O–H groups in total. The first kappa shape index (κ1) is 11.6. The van der Waals surface area contributed by atoms with Crippen LogP contribution in [0.15, 0.2) is 0 Å². The van der Waals surface area contributed by atoms with E-state index in [1.165, 1.54) is 12.8 Å². The SMILES string of the molecule is CCCCCC(O)C(I)CO. The van der Waals surface area contributed by atoms with Gasteiger partial charge in [-0.3, -0.25) is 0 Å². The van der Waals surface area contributed by atoms with Crippen LogP contribution in [-0.2, 0) is 0 Å². The highest BCUT2D eigenvalue weighted by molar-refractivity contribution is 14.1. The van der Waals surface area contributed by atoms with Crippen molar-refractivity contribution in [2.24, 2.45) is 0 Å². The van der Waals surface area contributed by atoms with Crippen LogP contribution in [0.4, 0.5) is 0 Å². The van der Waals surface area contributed by atoms with Crippen LogP contribution in [0.1, 0.15) is 32.6 Å². The molecule has 0 saturated carbocycles. The van der Waals surface area contributed by atoms with Crippen LogP contribution < -0.4 is 0 Å². The number of alkyl halides is 1. The Balaban J connectivity index is 3.28. The van der Waals surface area contributed by atoms with Gasteiger partial charge in [0.25, 0.3) is 0 Å². The summed E-state index contributed by atoms with van der Waals surface area (Å²) in [6, 6.07) is 0. The van der Waals surface area contributed by atoms with Gasteiger partial charge < -0.3 is 10.2 Å². The molecule has 0 saturated heterocycles. The van der Waals surface area contributed by atoms with Crippen molar-refractivity contribution in [2.75, 3.05) is 6.61 Å². The molecule has 0 aromatic carbocycles. The number of rotatable bonds is 6. The average molecular weight is 272 g/mol. The van der Waals surface area contributed by atoms with Gasteiger partial charge in [0.15, 0.2) is 0 Å². The first-order valence-corrected chi connectivity index (χ1v) is 5.40. The first-order chi connectivity index (χ1) is 5.22. The third kappa shape index (κ3) is 5.87. The van der Waals surface area contributed by atoms with Crippen LogP contribution in [0.3, 0.4) is 0 Å². The smallest absolute Gasteiger partial charge is 0.0680 e. The Morgan fingerprint density at radius 3 is 2.45 bits per heavy atom. The summed E-state index contributed by atoms with van der Waals surface area (Å²) in [7, 11) is 0. The van der Waals surface area contributed by atoms with Gasteiger partial charge in [-0.25, -0.2) is 0 Å². The second-order valence-corrected chi connectivity index (χ2v) is 4.36. The minimum atomic E-state index is -0.327.